The fraction of sp³-hybridized carbons (Fsp3) is 0. The predicted octanol–water partition coefficient (Wildman–Crippen LogP) is -0.00700. The number of nitrogens with two attached hydrogens (primary N) is 1. The highest BCUT2D eigenvalue weighted by Gasteiger charge is 1.99. The van der Waals surface area contributed by atoms with Gasteiger partial charge in [-0.15, -0.1) is 0 Å². The van der Waals surface area contributed by atoms with E-state index in [4.69, 9.17) is 5.73 Å². The van der Waals surface area contributed by atoms with Crippen LogP contribution >= 0.6 is 0 Å². The molecule has 0 unspecified atom stereocenters. The summed E-state index contributed by atoms with van der Waals surface area (Å²) in [6.07, 6.45) is 1.95. The molecule has 1 rings (SSSR count). The van der Waals surface area contributed by atoms with Crippen molar-refractivity contribution in [1.29, 1.82) is 0 Å². The minimum Gasteiger partial charge on any atom is -0.364 e. The number of primary amides is 1. The third kappa shape index (κ3) is 1.61. The molecule has 1 amide bonds. The smallest absolute Gasteiger partial charge is 0.267 e. The van der Waals surface area contributed by atoms with Gasteiger partial charge < -0.3 is 5.73 Å². The number of nitrogens with zero attached hydrogens (tertiary/aromatic N) is 1. The molecule has 1 aromatic rings. The van der Waals surface area contributed by atoms with E-state index in [9.17, 15) is 9.59 Å². The van der Waals surface area contributed by atoms with E-state index >= 15 is 0 Å². The van der Waals surface area contributed by atoms with Gasteiger partial charge in [-0.2, -0.15) is 0 Å². The Balaban J connectivity index is 3.00. The van der Waals surface area contributed by atoms with E-state index in [0.29, 0.717) is 11.8 Å². The molecule has 0 fully saturated rings. The Morgan fingerprint density at radius 2 is 2.27 bits per heavy atom. The van der Waals surface area contributed by atoms with Gasteiger partial charge in [0.1, 0.15) is 5.69 Å². The molecule has 0 aromatic carbocycles. The first-order valence-electron chi connectivity index (χ1n) is 2.95. The molecule has 0 bridgehead atoms. The van der Waals surface area contributed by atoms with Crippen LogP contribution in [-0.2, 0) is 0 Å². The summed E-state index contributed by atoms with van der Waals surface area (Å²) in [5.41, 5.74) is 5.50. The van der Waals surface area contributed by atoms with Crippen LogP contribution in [0.4, 0.5) is 0 Å². The number of carbonyl (C=O) groups is 2. The van der Waals surface area contributed by atoms with Crippen molar-refractivity contribution in [2.24, 2.45) is 5.73 Å². The molecule has 0 saturated carbocycles. The lowest BCUT2D eigenvalue weighted by Crippen LogP contribution is -2.12. The number of hydrogen-bond acceptors (Lipinski definition) is 3. The van der Waals surface area contributed by atoms with Crippen molar-refractivity contribution in [3.05, 3.63) is 29.6 Å². The second kappa shape index (κ2) is 2.92. The number of carbonyl (C=O) groups excluding carboxylic acids is 2. The van der Waals surface area contributed by atoms with E-state index < -0.39 is 5.91 Å². The van der Waals surface area contributed by atoms with Crippen molar-refractivity contribution >= 4 is 12.2 Å². The summed E-state index contributed by atoms with van der Waals surface area (Å²) in [6.45, 7) is 0. The third-order valence-corrected chi connectivity index (χ3v) is 1.17. The standard InChI is InChI=1S/C7H6N2O2/c8-7(11)6-2-1-5(4-10)3-9-6/h1-4H,(H2,8,11). The van der Waals surface area contributed by atoms with Crippen molar-refractivity contribution < 1.29 is 9.59 Å². The largest absolute Gasteiger partial charge is 0.364 e. The van der Waals surface area contributed by atoms with E-state index in [-0.39, 0.29) is 5.69 Å². The minimum absolute atomic E-state index is 0.163. The highest BCUT2D eigenvalue weighted by atomic mass is 16.1. The number of aldehydes is 1. The van der Waals surface area contributed by atoms with Gasteiger partial charge >= 0.3 is 0 Å². The molecule has 1 heterocycles. The molecule has 0 aliphatic rings. The Labute approximate surface area is 63.0 Å². The number of pyridine rings is 1. The molecule has 1 aromatic heterocycles. The lowest BCUT2D eigenvalue weighted by Gasteiger charge is -1.92. The molecule has 4 heteroatoms. The zero-order valence-corrected chi connectivity index (χ0v) is 5.65. The van der Waals surface area contributed by atoms with Gasteiger partial charge in [0.05, 0.1) is 0 Å². The number of aromatic nitrogens is 1. The zero-order valence-electron chi connectivity index (χ0n) is 5.65. The predicted molar refractivity (Wildman–Crippen MR) is 38.1 cm³/mol. The van der Waals surface area contributed by atoms with Crippen LogP contribution in [0.1, 0.15) is 20.8 Å². The first-order chi connectivity index (χ1) is 5.24. The van der Waals surface area contributed by atoms with Gasteiger partial charge in [0.25, 0.3) is 5.91 Å². The molecule has 56 valence electrons. The fourth-order valence-electron chi connectivity index (χ4n) is 0.621. The topological polar surface area (TPSA) is 73.1 Å². The maximum Gasteiger partial charge on any atom is 0.267 e. The third-order valence-electron chi connectivity index (χ3n) is 1.17. The average Bonchev–Trinajstić information content (AvgIpc) is 2.05. The van der Waals surface area contributed by atoms with Crippen molar-refractivity contribution in [3.8, 4) is 0 Å². The van der Waals surface area contributed by atoms with Gasteiger partial charge in [-0.25, -0.2) is 0 Å². The Kier molecular flexibility index (Phi) is 1.96. The van der Waals surface area contributed by atoms with Crippen LogP contribution in [0.3, 0.4) is 0 Å². The van der Waals surface area contributed by atoms with E-state index in [0.717, 1.165) is 0 Å². The summed E-state index contributed by atoms with van der Waals surface area (Å²) >= 11 is 0. The SMILES string of the molecule is NC(=O)c1ccc(C=O)cn1. The van der Waals surface area contributed by atoms with Crippen LogP contribution in [0.25, 0.3) is 0 Å². The van der Waals surface area contributed by atoms with Gasteiger partial charge in [0.15, 0.2) is 6.29 Å². The van der Waals surface area contributed by atoms with Crippen molar-refractivity contribution in [2.45, 2.75) is 0 Å². The van der Waals surface area contributed by atoms with E-state index in [1.807, 2.05) is 0 Å². The first kappa shape index (κ1) is 7.40. The van der Waals surface area contributed by atoms with E-state index in [2.05, 4.69) is 4.98 Å². The lowest BCUT2D eigenvalue weighted by atomic mass is 10.2. The molecule has 0 saturated heterocycles. The normalized spacial score (nSPS) is 9.09. The molecule has 4 nitrogen and oxygen atoms in total. The van der Waals surface area contributed by atoms with Gasteiger partial charge in [0, 0.05) is 11.8 Å². The number of rotatable bonds is 2. The van der Waals surface area contributed by atoms with Crippen LogP contribution < -0.4 is 5.73 Å². The van der Waals surface area contributed by atoms with Crippen LogP contribution in [0.2, 0.25) is 0 Å². The maximum atomic E-state index is 10.5. The van der Waals surface area contributed by atoms with Gasteiger partial charge in [0.2, 0.25) is 0 Å². The number of amides is 1. The molecule has 0 spiro atoms. The molecular weight excluding hydrogens is 144 g/mol. The molecular formula is C7H6N2O2. The van der Waals surface area contributed by atoms with Crippen molar-refractivity contribution in [2.75, 3.05) is 0 Å². The summed E-state index contributed by atoms with van der Waals surface area (Å²) < 4.78 is 0. The van der Waals surface area contributed by atoms with Crippen molar-refractivity contribution in [3.63, 3.8) is 0 Å². The Hall–Kier alpha value is -1.71. The molecule has 11 heavy (non-hydrogen) atoms. The lowest BCUT2D eigenvalue weighted by molar-refractivity contribution is 0.0994. The monoisotopic (exact) mass is 150 g/mol. The molecule has 0 aliphatic heterocycles. The van der Waals surface area contributed by atoms with E-state index in [1.54, 1.807) is 0 Å². The molecule has 0 aliphatic carbocycles. The fourth-order valence-corrected chi connectivity index (χ4v) is 0.621. The Morgan fingerprint density at radius 1 is 1.55 bits per heavy atom. The summed E-state index contributed by atoms with van der Waals surface area (Å²) in [7, 11) is 0. The second-order valence-corrected chi connectivity index (χ2v) is 1.96. The van der Waals surface area contributed by atoms with Crippen molar-refractivity contribution in [1.82, 2.24) is 4.98 Å². The molecule has 0 radical (unpaired) electrons. The van der Waals surface area contributed by atoms with Gasteiger partial charge in [-0.05, 0) is 12.1 Å². The molecule has 0 atom stereocenters. The Morgan fingerprint density at radius 3 is 2.64 bits per heavy atom. The second-order valence-electron chi connectivity index (χ2n) is 1.96. The van der Waals surface area contributed by atoms with E-state index in [1.165, 1.54) is 18.3 Å². The zero-order chi connectivity index (χ0) is 8.27. The molecule has 2 N–H and O–H groups in total. The number of hydrogen-bond donors (Lipinski definition) is 1. The summed E-state index contributed by atoms with van der Waals surface area (Å²) in [5.74, 6) is -0.595. The summed E-state index contributed by atoms with van der Waals surface area (Å²) in [5, 5.41) is 0. The quantitative estimate of drug-likeness (QED) is 0.602. The van der Waals surface area contributed by atoms with Gasteiger partial charge in [-0.3, -0.25) is 14.6 Å². The maximum absolute atomic E-state index is 10.5. The van der Waals surface area contributed by atoms with Crippen LogP contribution in [0.15, 0.2) is 18.3 Å². The van der Waals surface area contributed by atoms with Gasteiger partial charge in [-0.1, -0.05) is 0 Å². The Bertz CT molecular complexity index is 279. The first-order valence-corrected chi connectivity index (χ1v) is 2.95. The highest BCUT2D eigenvalue weighted by Crippen LogP contribution is 1.95. The highest BCUT2D eigenvalue weighted by molar-refractivity contribution is 5.91. The summed E-state index contributed by atoms with van der Waals surface area (Å²) in [6, 6.07) is 2.90. The minimum atomic E-state index is -0.595. The summed E-state index contributed by atoms with van der Waals surface area (Å²) in [4.78, 5) is 24.2. The van der Waals surface area contributed by atoms with Crippen LogP contribution in [0, 0.1) is 0 Å². The van der Waals surface area contributed by atoms with Crippen LogP contribution in [-0.4, -0.2) is 17.2 Å². The van der Waals surface area contributed by atoms with Crippen LogP contribution in [0.5, 0.6) is 0 Å². The average molecular weight is 150 g/mol.